The largest absolute Gasteiger partial charge is 0.466 e. The fourth-order valence-electron chi connectivity index (χ4n) is 0.711. The van der Waals surface area contributed by atoms with Gasteiger partial charge in [-0.1, -0.05) is 29.3 Å². The number of rotatable bonds is 7. The van der Waals surface area contributed by atoms with Crippen molar-refractivity contribution in [1.82, 2.24) is 0 Å². The predicted molar refractivity (Wildman–Crippen MR) is 53.9 cm³/mol. The molecule has 0 amide bonds. The number of carbonyl (C=O) groups is 2. The summed E-state index contributed by atoms with van der Waals surface area (Å²) in [6.07, 6.45) is 2.37. The maximum Gasteiger partial charge on any atom is 0.306 e. The first-order valence-electron chi connectivity index (χ1n) is 4.44. The fraction of sp³-hybridized carbons (Fsp3) is 0.778. The summed E-state index contributed by atoms with van der Waals surface area (Å²) in [5, 5.41) is 0.315. The molecule has 0 aliphatic rings. The monoisotopic (exact) mass is 250 g/mol. The zero-order valence-corrected chi connectivity index (χ0v) is 9.43. The van der Waals surface area contributed by atoms with E-state index >= 15 is 0 Å². The minimum Gasteiger partial charge on any atom is -0.466 e. The van der Waals surface area contributed by atoms with Crippen molar-refractivity contribution in [3.05, 3.63) is 0 Å². The highest BCUT2D eigenvalue weighted by Gasteiger charge is 2.06. The van der Waals surface area contributed by atoms with Gasteiger partial charge >= 0.3 is 5.97 Å². The maximum absolute atomic E-state index is 10.9. The van der Waals surface area contributed by atoms with E-state index in [4.69, 9.17) is 4.74 Å². The lowest BCUT2D eigenvalue weighted by Crippen LogP contribution is -2.09. The van der Waals surface area contributed by atoms with Crippen LogP contribution >= 0.6 is 15.9 Å². The van der Waals surface area contributed by atoms with E-state index in [0.717, 1.165) is 12.8 Å². The van der Waals surface area contributed by atoms with Crippen LogP contribution in [0.25, 0.3) is 0 Å². The average Bonchev–Trinajstić information content (AvgIpc) is 2.14. The standard InChI is InChI=1S/C9H15BrO3/c1-2-3-6-13-9(12)5-4-8(11)7-10/h2-7H2,1H3. The Morgan fingerprint density at radius 3 is 2.54 bits per heavy atom. The Kier molecular flexibility index (Phi) is 7.99. The Labute approximate surface area is 87.0 Å². The number of esters is 1. The van der Waals surface area contributed by atoms with Crippen LogP contribution in [0.2, 0.25) is 0 Å². The number of alkyl halides is 1. The molecule has 0 fully saturated rings. The van der Waals surface area contributed by atoms with Gasteiger partial charge in [-0.2, -0.15) is 0 Å². The zero-order chi connectivity index (χ0) is 10.1. The number of hydrogen-bond donors (Lipinski definition) is 0. The molecule has 0 radical (unpaired) electrons. The Hall–Kier alpha value is -0.380. The molecule has 0 rings (SSSR count). The van der Waals surface area contributed by atoms with Crippen molar-refractivity contribution in [3.63, 3.8) is 0 Å². The third-order valence-corrected chi connectivity index (χ3v) is 2.14. The molecule has 0 saturated carbocycles. The second kappa shape index (κ2) is 8.23. The van der Waals surface area contributed by atoms with Crippen LogP contribution in [0.4, 0.5) is 0 Å². The van der Waals surface area contributed by atoms with Crippen molar-refractivity contribution in [2.45, 2.75) is 32.6 Å². The van der Waals surface area contributed by atoms with Gasteiger partial charge in [0.25, 0.3) is 0 Å². The number of ketones is 1. The normalized spacial score (nSPS) is 9.69. The molecule has 0 aliphatic heterocycles. The lowest BCUT2D eigenvalue weighted by Gasteiger charge is -2.02. The number of ether oxygens (including phenoxy) is 1. The summed E-state index contributed by atoms with van der Waals surface area (Å²) in [5.41, 5.74) is 0. The summed E-state index contributed by atoms with van der Waals surface area (Å²) in [6, 6.07) is 0. The minimum atomic E-state index is -0.275. The van der Waals surface area contributed by atoms with Crippen LogP contribution in [0.1, 0.15) is 32.6 Å². The Morgan fingerprint density at radius 1 is 1.31 bits per heavy atom. The molecule has 0 unspecified atom stereocenters. The molecule has 0 atom stereocenters. The van der Waals surface area contributed by atoms with E-state index in [1.54, 1.807) is 0 Å². The van der Waals surface area contributed by atoms with E-state index in [1.807, 2.05) is 6.92 Å². The summed E-state index contributed by atoms with van der Waals surface area (Å²) in [6.45, 7) is 2.50. The third kappa shape index (κ3) is 7.96. The summed E-state index contributed by atoms with van der Waals surface area (Å²) < 4.78 is 4.87. The first-order chi connectivity index (χ1) is 6.20. The summed E-state index contributed by atoms with van der Waals surface area (Å²) in [5.74, 6) is -0.241. The molecule has 0 aromatic heterocycles. The van der Waals surface area contributed by atoms with Gasteiger partial charge in [0.1, 0.15) is 5.78 Å². The number of carbonyl (C=O) groups excluding carboxylic acids is 2. The van der Waals surface area contributed by atoms with Gasteiger partial charge in [0, 0.05) is 6.42 Å². The maximum atomic E-state index is 10.9. The van der Waals surface area contributed by atoms with Crippen molar-refractivity contribution in [2.75, 3.05) is 11.9 Å². The summed E-state index contributed by atoms with van der Waals surface area (Å²) in [4.78, 5) is 21.7. The van der Waals surface area contributed by atoms with Crippen LogP contribution in [0.15, 0.2) is 0 Å². The van der Waals surface area contributed by atoms with Crippen LogP contribution in [-0.4, -0.2) is 23.7 Å². The lowest BCUT2D eigenvalue weighted by molar-refractivity contribution is -0.144. The minimum absolute atomic E-state index is 0.0347. The molecule has 3 nitrogen and oxygen atoms in total. The zero-order valence-electron chi connectivity index (χ0n) is 7.85. The SMILES string of the molecule is CCCCOC(=O)CCC(=O)CBr. The van der Waals surface area contributed by atoms with Crippen molar-refractivity contribution in [3.8, 4) is 0 Å². The molecular weight excluding hydrogens is 236 g/mol. The molecule has 0 saturated heterocycles. The van der Waals surface area contributed by atoms with Gasteiger partial charge in [-0.05, 0) is 6.42 Å². The smallest absolute Gasteiger partial charge is 0.306 e. The van der Waals surface area contributed by atoms with E-state index in [9.17, 15) is 9.59 Å². The Balaban J connectivity index is 3.35. The molecule has 0 N–H and O–H groups in total. The number of Topliss-reactive ketones (excluding diaryl/α,β-unsaturated/α-hetero) is 1. The molecule has 76 valence electrons. The number of unbranched alkanes of at least 4 members (excludes halogenated alkanes) is 1. The van der Waals surface area contributed by atoms with Gasteiger partial charge in [0.15, 0.2) is 0 Å². The van der Waals surface area contributed by atoms with Crippen LogP contribution in [-0.2, 0) is 14.3 Å². The van der Waals surface area contributed by atoms with E-state index in [2.05, 4.69) is 15.9 Å². The number of hydrogen-bond acceptors (Lipinski definition) is 3. The Morgan fingerprint density at radius 2 is 2.00 bits per heavy atom. The fourth-order valence-corrected chi connectivity index (χ4v) is 0.991. The van der Waals surface area contributed by atoms with Crippen LogP contribution < -0.4 is 0 Å². The van der Waals surface area contributed by atoms with Gasteiger partial charge in [-0.3, -0.25) is 9.59 Å². The van der Waals surface area contributed by atoms with Gasteiger partial charge < -0.3 is 4.74 Å². The average molecular weight is 251 g/mol. The first kappa shape index (κ1) is 12.6. The van der Waals surface area contributed by atoms with Gasteiger partial charge in [0.2, 0.25) is 0 Å². The quantitative estimate of drug-likeness (QED) is 0.395. The summed E-state index contributed by atoms with van der Waals surface area (Å²) >= 11 is 3.03. The molecule has 4 heteroatoms. The molecule has 0 aromatic rings. The van der Waals surface area contributed by atoms with Crippen molar-refractivity contribution < 1.29 is 14.3 Å². The highest BCUT2D eigenvalue weighted by Crippen LogP contribution is 1.98. The van der Waals surface area contributed by atoms with Crippen molar-refractivity contribution in [1.29, 1.82) is 0 Å². The number of halogens is 1. The molecule has 0 bridgehead atoms. The highest BCUT2D eigenvalue weighted by molar-refractivity contribution is 9.09. The van der Waals surface area contributed by atoms with Crippen molar-refractivity contribution >= 4 is 27.7 Å². The second-order valence-electron chi connectivity index (χ2n) is 2.75. The lowest BCUT2D eigenvalue weighted by atomic mass is 10.2. The predicted octanol–water partition coefficient (Wildman–Crippen LogP) is 2.07. The molecule has 0 aromatic carbocycles. The van der Waals surface area contributed by atoms with E-state index in [0.29, 0.717) is 11.9 Å². The highest BCUT2D eigenvalue weighted by atomic mass is 79.9. The van der Waals surface area contributed by atoms with Crippen LogP contribution in [0, 0.1) is 0 Å². The van der Waals surface area contributed by atoms with Crippen molar-refractivity contribution in [2.24, 2.45) is 0 Å². The molecule has 0 spiro atoms. The molecular formula is C9H15BrO3. The molecule has 0 aliphatic carbocycles. The van der Waals surface area contributed by atoms with Gasteiger partial charge in [0.05, 0.1) is 18.4 Å². The van der Waals surface area contributed by atoms with E-state index < -0.39 is 0 Å². The van der Waals surface area contributed by atoms with Gasteiger partial charge in [-0.15, -0.1) is 0 Å². The summed E-state index contributed by atoms with van der Waals surface area (Å²) in [7, 11) is 0. The third-order valence-electron chi connectivity index (χ3n) is 1.52. The van der Waals surface area contributed by atoms with E-state index in [1.165, 1.54) is 0 Å². The molecule has 13 heavy (non-hydrogen) atoms. The van der Waals surface area contributed by atoms with Crippen LogP contribution in [0.3, 0.4) is 0 Å². The van der Waals surface area contributed by atoms with Gasteiger partial charge in [-0.25, -0.2) is 0 Å². The van der Waals surface area contributed by atoms with E-state index in [-0.39, 0.29) is 24.6 Å². The second-order valence-corrected chi connectivity index (χ2v) is 3.31. The first-order valence-corrected chi connectivity index (χ1v) is 5.56. The van der Waals surface area contributed by atoms with Crippen LogP contribution in [0.5, 0.6) is 0 Å². The molecule has 0 heterocycles. The topological polar surface area (TPSA) is 43.4 Å². The Bertz CT molecular complexity index is 168.